The fourth-order valence-corrected chi connectivity index (χ4v) is 3.93. The number of carbonyl (C=O) groups is 1. The third-order valence-corrected chi connectivity index (χ3v) is 5.54. The number of halogens is 2. The molecule has 1 aromatic heterocycles. The second kappa shape index (κ2) is 8.39. The normalized spacial score (nSPS) is 20.0. The van der Waals surface area contributed by atoms with Gasteiger partial charge in [0.1, 0.15) is 0 Å². The highest BCUT2D eigenvalue weighted by molar-refractivity contribution is 9.10. The van der Waals surface area contributed by atoms with Gasteiger partial charge in [-0.15, -0.1) is 12.4 Å². The summed E-state index contributed by atoms with van der Waals surface area (Å²) in [6.45, 7) is 8.15. The molecule has 2 N–H and O–H groups in total. The molecule has 25 heavy (non-hydrogen) atoms. The highest BCUT2D eigenvalue weighted by Crippen LogP contribution is 2.27. The molecule has 4 nitrogen and oxygen atoms in total. The Morgan fingerprint density at radius 3 is 2.72 bits per heavy atom. The van der Waals surface area contributed by atoms with Gasteiger partial charge in [-0.05, 0) is 73.4 Å². The zero-order valence-electron chi connectivity index (χ0n) is 14.8. The topological polar surface area (TPSA) is 46.1 Å². The van der Waals surface area contributed by atoms with E-state index in [0.29, 0.717) is 5.92 Å². The van der Waals surface area contributed by atoms with Crippen LogP contribution in [0.5, 0.6) is 0 Å². The standard InChI is InChI=1S/C19H24BrN3O.ClH/c1-12-11-21-9-8-17(12)22-19(24)15-10-13(2)23(14(15)3)18-7-5-4-6-16(18)20;/h4-7,10,12,17,21H,8-9,11H2,1-3H3,(H,22,24);1H. The highest BCUT2D eigenvalue weighted by Gasteiger charge is 2.25. The van der Waals surface area contributed by atoms with E-state index in [9.17, 15) is 4.79 Å². The van der Waals surface area contributed by atoms with E-state index >= 15 is 0 Å². The quantitative estimate of drug-likeness (QED) is 0.779. The lowest BCUT2D eigenvalue weighted by Gasteiger charge is -2.30. The molecule has 1 aliphatic heterocycles. The number of nitrogens with zero attached hydrogens (tertiary/aromatic N) is 1. The molecule has 1 amide bonds. The number of benzene rings is 1. The van der Waals surface area contributed by atoms with Crippen molar-refractivity contribution < 1.29 is 4.79 Å². The second-order valence-electron chi connectivity index (χ2n) is 6.62. The number of hydrogen-bond acceptors (Lipinski definition) is 2. The van der Waals surface area contributed by atoms with Crippen LogP contribution in [0.4, 0.5) is 0 Å². The molecule has 3 rings (SSSR count). The summed E-state index contributed by atoms with van der Waals surface area (Å²) in [6, 6.07) is 10.3. The smallest absolute Gasteiger partial charge is 0.253 e. The average molecular weight is 427 g/mol. The van der Waals surface area contributed by atoms with Gasteiger partial charge in [0.15, 0.2) is 0 Å². The first-order valence-corrected chi connectivity index (χ1v) is 9.23. The molecule has 1 saturated heterocycles. The van der Waals surface area contributed by atoms with Crippen LogP contribution < -0.4 is 10.6 Å². The van der Waals surface area contributed by atoms with Crippen LogP contribution >= 0.6 is 28.3 Å². The first-order valence-electron chi connectivity index (χ1n) is 8.44. The molecule has 0 saturated carbocycles. The molecule has 1 aromatic carbocycles. The minimum atomic E-state index is 0. The lowest BCUT2D eigenvalue weighted by molar-refractivity contribution is 0.0913. The van der Waals surface area contributed by atoms with Crippen molar-refractivity contribution in [3.05, 3.63) is 51.8 Å². The van der Waals surface area contributed by atoms with Gasteiger partial charge in [-0.2, -0.15) is 0 Å². The van der Waals surface area contributed by atoms with Crippen molar-refractivity contribution in [1.82, 2.24) is 15.2 Å². The Labute approximate surface area is 163 Å². The predicted molar refractivity (Wildman–Crippen MR) is 108 cm³/mol. The summed E-state index contributed by atoms with van der Waals surface area (Å²) < 4.78 is 3.15. The number of piperidine rings is 1. The number of nitrogens with one attached hydrogen (secondary N) is 2. The van der Waals surface area contributed by atoms with Crippen molar-refractivity contribution in [2.45, 2.75) is 33.2 Å². The van der Waals surface area contributed by atoms with Crippen molar-refractivity contribution in [3.8, 4) is 5.69 Å². The minimum Gasteiger partial charge on any atom is -0.349 e. The van der Waals surface area contributed by atoms with Gasteiger partial charge in [-0.25, -0.2) is 0 Å². The van der Waals surface area contributed by atoms with E-state index < -0.39 is 0 Å². The van der Waals surface area contributed by atoms with Crippen LogP contribution in [0.15, 0.2) is 34.8 Å². The molecule has 6 heteroatoms. The van der Waals surface area contributed by atoms with E-state index in [0.717, 1.165) is 46.6 Å². The third kappa shape index (κ3) is 4.10. The van der Waals surface area contributed by atoms with Crippen molar-refractivity contribution in [2.75, 3.05) is 13.1 Å². The molecule has 0 radical (unpaired) electrons. The molecule has 2 atom stereocenters. The molecule has 2 unspecified atom stereocenters. The predicted octanol–water partition coefficient (Wildman–Crippen LogP) is 4.01. The Morgan fingerprint density at radius 2 is 2.04 bits per heavy atom. The van der Waals surface area contributed by atoms with E-state index in [2.05, 4.69) is 44.1 Å². The third-order valence-electron chi connectivity index (χ3n) is 4.87. The van der Waals surface area contributed by atoms with Gasteiger partial charge < -0.3 is 15.2 Å². The maximum atomic E-state index is 12.8. The maximum absolute atomic E-state index is 12.8. The van der Waals surface area contributed by atoms with E-state index in [1.165, 1.54) is 0 Å². The van der Waals surface area contributed by atoms with Crippen LogP contribution in [0.3, 0.4) is 0 Å². The number of aromatic nitrogens is 1. The largest absolute Gasteiger partial charge is 0.349 e. The van der Waals surface area contributed by atoms with Crippen LogP contribution in [0.1, 0.15) is 35.1 Å². The summed E-state index contributed by atoms with van der Waals surface area (Å²) in [4.78, 5) is 12.8. The maximum Gasteiger partial charge on any atom is 0.253 e. The van der Waals surface area contributed by atoms with Crippen molar-refractivity contribution in [1.29, 1.82) is 0 Å². The second-order valence-corrected chi connectivity index (χ2v) is 7.48. The van der Waals surface area contributed by atoms with Crippen LogP contribution in [0.25, 0.3) is 5.69 Å². The van der Waals surface area contributed by atoms with Gasteiger partial charge in [-0.3, -0.25) is 4.79 Å². The van der Waals surface area contributed by atoms with Gasteiger partial charge in [0, 0.05) is 21.9 Å². The molecule has 0 bridgehead atoms. The van der Waals surface area contributed by atoms with E-state index in [4.69, 9.17) is 0 Å². The SMILES string of the molecule is Cc1cc(C(=O)NC2CCNCC2C)c(C)n1-c1ccccc1Br.Cl. The summed E-state index contributed by atoms with van der Waals surface area (Å²) in [5, 5.41) is 6.60. The van der Waals surface area contributed by atoms with Crippen molar-refractivity contribution in [2.24, 2.45) is 5.92 Å². The Balaban J connectivity index is 0.00000225. The molecule has 1 fully saturated rings. The summed E-state index contributed by atoms with van der Waals surface area (Å²) >= 11 is 3.61. The molecule has 0 aliphatic carbocycles. The number of carbonyl (C=O) groups excluding carboxylic acids is 1. The van der Waals surface area contributed by atoms with Crippen LogP contribution in [-0.4, -0.2) is 29.6 Å². The Kier molecular flexibility index (Phi) is 6.72. The van der Waals surface area contributed by atoms with Crippen molar-refractivity contribution >= 4 is 34.2 Å². The zero-order chi connectivity index (χ0) is 17.3. The molecular formula is C19H25BrClN3O. The zero-order valence-corrected chi connectivity index (χ0v) is 17.2. The van der Waals surface area contributed by atoms with Crippen molar-refractivity contribution in [3.63, 3.8) is 0 Å². The molecule has 2 aromatic rings. The first kappa shape index (κ1) is 20.0. The Hall–Kier alpha value is -1.30. The molecule has 0 spiro atoms. The highest BCUT2D eigenvalue weighted by atomic mass is 79.9. The summed E-state index contributed by atoms with van der Waals surface area (Å²) in [5.41, 5.74) is 3.84. The van der Waals surface area contributed by atoms with E-state index in [1.807, 2.05) is 38.1 Å². The van der Waals surface area contributed by atoms with Gasteiger partial charge >= 0.3 is 0 Å². The van der Waals surface area contributed by atoms with Gasteiger partial charge in [0.2, 0.25) is 0 Å². The fourth-order valence-electron chi connectivity index (χ4n) is 3.47. The number of amides is 1. The van der Waals surface area contributed by atoms with Gasteiger partial charge in [0.25, 0.3) is 5.91 Å². The summed E-state index contributed by atoms with van der Waals surface area (Å²) in [7, 11) is 0. The van der Waals surface area contributed by atoms with Crippen LogP contribution in [-0.2, 0) is 0 Å². The number of aryl methyl sites for hydroxylation is 1. The first-order chi connectivity index (χ1) is 11.5. The Bertz CT molecular complexity index is 759. The number of rotatable bonds is 3. The molecule has 136 valence electrons. The lowest BCUT2D eigenvalue weighted by Crippen LogP contribution is -2.48. The van der Waals surface area contributed by atoms with Gasteiger partial charge in [-0.1, -0.05) is 19.1 Å². The average Bonchev–Trinajstić information content (AvgIpc) is 2.85. The monoisotopic (exact) mass is 425 g/mol. The molecule has 2 heterocycles. The van der Waals surface area contributed by atoms with Crippen LogP contribution in [0, 0.1) is 19.8 Å². The van der Waals surface area contributed by atoms with Gasteiger partial charge in [0.05, 0.1) is 11.3 Å². The molecular weight excluding hydrogens is 402 g/mol. The minimum absolute atomic E-state index is 0. The fraction of sp³-hybridized carbons (Fsp3) is 0.421. The van der Waals surface area contributed by atoms with E-state index in [1.54, 1.807) is 0 Å². The summed E-state index contributed by atoms with van der Waals surface area (Å²) in [5.74, 6) is 0.481. The van der Waals surface area contributed by atoms with Crippen LogP contribution in [0.2, 0.25) is 0 Å². The van der Waals surface area contributed by atoms with E-state index in [-0.39, 0.29) is 24.4 Å². The lowest BCUT2D eigenvalue weighted by atomic mass is 9.95. The number of para-hydroxylation sites is 1. The Morgan fingerprint density at radius 1 is 1.32 bits per heavy atom. The summed E-state index contributed by atoms with van der Waals surface area (Å²) in [6.07, 6.45) is 0.982. The molecule has 1 aliphatic rings. The number of hydrogen-bond donors (Lipinski definition) is 2.